The summed E-state index contributed by atoms with van der Waals surface area (Å²) in [5.41, 5.74) is 2.19. The molecule has 8 heteroatoms. The molecule has 1 aromatic heterocycles. The normalized spacial score (nSPS) is 20.9. The molecule has 0 atom stereocenters. The fourth-order valence-corrected chi connectivity index (χ4v) is 3.94. The van der Waals surface area contributed by atoms with Gasteiger partial charge in [0, 0.05) is 51.1 Å². The van der Waals surface area contributed by atoms with Gasteiger partial charge < -0.3 is 19.4 Å². The van der Waals surface area contributed by atoms with Crippen LogP contribution in [0.25, 0.3) is 0 Å². The zero-order chi connectivity index (χ0) is 17.9. The molecular formula is C18H25N5O3. The monoisotopic (exact) mass is 359 g/mol. The molecule has 140 valence electrons. The van der Waals surface area contributed by atoms with E-state index >= 15 is 0 Å². The molecule has 0 unspecified atom stereocenters. The lowest BCUT2D eigenvalue weighted by atomic mass is 10.1. The second kappa shape index (κ2) is 7.57. The van der Waals surface area contributed by atoms with Crippen molar-refractivity contribution >= 4 is 17.6 Å². The number of amides is 2. The molecule has 0 saturated carbocycles. The minimum absolute atomic E-state index is 0.0361. The third kappa shape index (κ3) is 3.51. The Morgan fingerprint density at radius 1 is 1.04 bits per heavy atom. The fraction of sp³-hybridized carbons (Fsp3) is 0.667. The third-order valence-corrected chi connectivity index (χ3v) is 5.42. The Hall–Kier alpha value is -2.22. The maximum Gasteiger partial charge on any atom is 0.242 e. The van der Waals surface area contributed by atoms with Gasteiger partial charge in [-0.1, -0.05) is 0 Å². The lowest BCUT2D eigenvalue weighted by Crippen LogP contribution is -2.42. The first kappa shape index (κ1) is 17.2. The molecule has 26 heavy (non-hydrogen) atoms. The van der Waals surface area contributed by atoms with Crippen LogP contribution in [0.4, 0.5) is 5.82 Å². The van der Waals surface area contributed by atoms with Crippen LogP contribution in [0.3, 0.4) is 0 Å². The van der Waals surface area contributed by atoms with E-state index in [-0.39, 0.29) is 18.4 Å². The standard InChI is InChI=1S/C18H25N5O3/c24-16-2-1-5-23(16)12-17(25)21-6-3-14-15(4-7-21)19-13-20-18(14)22-8-10-26-11-9-22/h13H,1-12H2. The van der Waals surface area contributed by atoms with Crippen LogP contribution < -0.4 is 4.90 Å². The fourth-order valence-electron chi connectivity index (χ4n) is 3.94. The Kier molecular flexibility index (Phi) is 5.01. The van der Waals surface area contributed by atoms with Crippen LogP contribution in [0.2, 0.25) is 0 Å². The number of nitrogens with zero attached hydrogens (tertiary/aromatic N) is 5. The molecule has 2 amide bonds. The smallest absolute Gasteiger partial charge is 0.242 e. The van der Waals surface area contributed by atoms with Crippen molar-refractivity contribution in [2.75, 3.05) is 57.4 Å². The molecule has 8 nitrogen and oxygen atoms in total. The maximum absolute atomic E-state index is 12.7. The molecule has 3 aliphatic rings. The summed E-state index contributed by atoms with van der Waals surface area (Å²) >= 11 is 0. The Morgan fingerprint density at radius 2 is 1.85 bits per heavy atom. The zero-order valence-electron chi connectivity index (χ0n) is 15.0. The predicted octanol–water partition coefficient (Wildman–Crippen LogP) is -0.137. The van der Waals surface area contributed by atoms with Gasteiger partial charge in [-0.25, -0.2) is 9.97 Å². The van der Waals surface area contributed by atoms with Crippen molar-refractivity contribution in [3.05, 3.63) is 17.6 Å². The summed E-state index contributed by atoms with van der Waals surface area (Å²) in [7, 11) is 0. The van der Waals surface area contributed by atoms with E-state index in [1.54, 1.807) is 11.2 Å². The number of carbonyl (C=O) groups is 2. The van der Waals surface area contributed by atoms with Crippen LogP contribution in [-0.4, -0.2) is 84.1 Å². The van der Waals surface area contributed by atoms with Gasteiger partial charge in [0.2, 0.25) is 11.8 Å². The van der Waals surface area contributed by atoms with E-state index in [1.807, 2.05) is 4.90 Å². The van der Waals surface area contributed by atoms with Crippen molar-refractivity contribution in [1.82, 2.24) is 19.8 Å². The summed E-state index contributed by atoms with van der Waals surface area (Å²) in [5.74, 6) is 1.12. The van der Waals surface area contributed by atoms with Gasteiger partial charge in [-0.05, 0) is 12.8 Å². The second-order valence-corrected chi connectivity index (χ2v) is 7.02. The van der Waals surface area contributed by atoms with Gasteiger partial charge in [0.05, 0.1) is 25.5 Å². The largest absolute Gasteiger partial charge is 0.378 e. The lowest BCUT2D eigenvalue weighted by Gasteiger charge is -2.29. The average molecular weight is 359 g/mol. The van der Waals surface area contributed by atoms with Gasteiger partial charge in [0.15, 0.2) is 0 Å². The number of ether oxygens (including phenoxy) is 1. The summed E-state index contributed by atoms with van der Waals surface area (Å²) in [6.45, 7) is 5.31. The van der Waals surface area contributed by atoms with Crippen LogP contribution in [-0.2, 0) is 27.2 Å². The maximum atomic E-state index is 12.7. The molecule has 4 heterocycles. The average Bonchev–Trinajstić information content (AvgIpc) is 2.94. The number of morpholine rings is 1. The summed E-state index contributed by atoms with van der Waals surface area (Å²) in [6.07, 6.45) is 4.54. The minimum atomic E-state index is 0.0361. The van der Waals surface area contributed by atoms with Crippen LogP contribution in [0.1, 0.15) is 24.1 Å². The number of likely N-dealkylation sites (tertiary alicyclic amines) is 1. The van der Waals surface area contributed by atoms with E-state index < -0.39 is 0 Å². The minimum Gasteiger partial charge on any atom is -0.378 e. The lowest BCUT2D eigenvalue weighted by molar-refractivity contribution is -0.138. The Labute approximate surface area is 153 Å². The Balaban J connectivity index is 1.45. The van der Waals surface area contributed by atoms with Crippen molar-refractivity contribution < 1.29 is 14.3 Å². The summed E-state index contributed by atoms with van der Waals surface area (Å²) in [5, 5.41) is 0. The molecule has 2 fully saturated rings. The summed E-state index contributed by atoms with van der Waals surface area (Å²) in [6, 6.07) is 0. The number of anilines is 1. The number of hydrogen-bond donors (Lipinski definition) is 0. The highest BCUT2D eigenvalue weighted by Gasteiger charge is 2.28. The molecule has 4 rings (SSSR count). The van der Waals surface area contributed by atoms with Crippen molar-refractivity contribution in [3.63, 3.8) is 0 Å². The first-order chi connectivity index (χ1) is 12.7. The van der Waals surface area contributed by atoms with Crippen LogP contribution in [0.15, 0.2) is 6.33 Å². The molecule has 0 radical (unpaired) electrons. The summed E-state index contributed by atoms with van der Waals surface area (Å²) in [4.78, 5) is 39.2. The van der Waals surface area contributed by atoms with Gasteiger partial charge in [-0.15, -0.1) is 0 Å². The molecular weight excluding hydrogens is 334 g/mol. The highest BCUT2D eigenvalue weighted by atomic mass is 16.5. The van der Waals surface area contributed by atoms with E-state index in [4.69, 9.17) is 4.74 Å². The van der Waals surface area contributed by atoms with Crippen LogP contribution >= 0.6 is 0 Å². The molecule has 1 aromatic rings. The van der Waals surface area contributed by atoms with Gasteiger partial charge in [0.1, 0.15) is 12.1 Å². The van der Waals surface area contributed by atoms with E-state index in [9.17, 15) is 9.59 Å². The number of fused-ring (bicyclic) bond motifs is 1. The molecule has 0 spiro atoms. The van der Waals surface area contributed by atoms with Gasteiger partial charge >= 0.3 is 0 Å². The molecule has 0 N–H and O–H groups in total. The van der Waals surface area contributed by atoms with Crippen molar-refractivity contribution in [2.24, 2.45) is 0 Å². The highest BCUT2D eigenvalue weighted by Crippen LogP contribution is 2.24. The first-order valence-electron chi connectivity index (χ1n) is 9.43. The van der Waals surface area contributed by atoms with Gasteiger partial charge in [-0.3, -0.25) is 9.59 Å². The quantitative estimate of drug-likeness (QED) is 0.748. The van der Waals surface area contributed by atoms with E-state index in [2.05, 4.69) is 14.9 Å². The van der Waals surface area contributed by atoms with Crippen LogP contribution in [0, 0.1) is 0 Å². The SMILES string of the molecule is O=C(CN1CCCC1=O)N1CCc2ncnc(N3CCOCC3)c2CC1. The molecule has 0 bridgehead atoms. The Morgan fingerprint density at radius 3 is 2.62 bits per heavy atom. The van der Waals surface area contributed by atoms with Crippen molar-refractivity contribution in [3.8, 4) is 0 Å². The van der Waals surface area contributed by atoms with Crippen molar-refractivity contribution in [1.29, 1.82) is 0 Å². The topological polar surface area (TPSA) is 78.9 Å². The molecule has 3 aliphatic heterocycles. The number of hydrogen-bond acceptors (Lipinski definition) is 6. The van der Waals surface area contributed by atoms with Crippen molar-refractivity contribution in [2.45, 2.75) is 25.7 Å². The molecule has 2 saturated heterocycles. The predicted molar refractivity (Wildman–Crippen MR) is 94.9 cm³/mol. The van der Waals surface area contributed by atoms with E-state index in [1.165, 1.54) is 0 Å². The van der Waals surface area contributed by atoms with E-state index in [0.29, 0.717) is 39.3 Å². The zero-order valence-corrected chi connectivity index (χ0v) is 15.0. The highest BCUT2D eigenvalue weighted by molar-refractivity contribution is 5.86. The molecule has 0 aromatic carbocycles. The summed E-state index contributed by atoms with van der Waals surface area (Å²) < 4.78 is 5.44. The Bertz CT molecular complexity index is 689. The van der Waals surface area contributed by atoms with E-state index in [0.717, 1.165) is 49.4 Å². The van der Waals surface area contributed by atoms with Crippen LogP contribution in [0.5, 0.6) is 0 Å². The number of aromatic nitrogens is 2. The first-order valence-corrected chi connectivity index (χ1v) is 9.43. The van der Waals surface area contributed by atoms with Gasteiger partial charge in [0.25, 0.3) is 0 Å². The third-order valence-electron chi connectivity index (χ3n) is 5.42. The second-order valence-electron chi connectivity index (χ2n) is 7.02. The number of rotatable bonds is 3. The molecule has 0 aliphatic carbocycles. The van der Waals surface area contributed by atoms with Gasteiger partial charge in [-0.2, -0.15) is 0 Å². The number of carbonyl (C=O) groups excluding carboxylic acids is 2.